The van der Waals surface area contributed by atoms with E-state index in [9.17, 15) is 8.42 Å². The quantitative estimate of drug-likeness (QED) is 0.908. The molecule has 2 heterocycles. The molecule has 2 fully saturated rings. The van der Waals surface area contributed by atoms with E-state index in [-0.39, 0.29) is 6.04 Å². The normalized spacial score (nSPS) is 26.3. The van der Waals surface area contributed by atoms with E-state index in [4.69, 9.17) is 0 Å². The smallest absolute Gasteiger partial charge is 0.243 e. The Bertz CT molecular complexity index is 656. The molecule has 2 aliphatic heterocycles. The van der Waals surface area contributed by atoms with Crippen LogP contribution >= 0.6 is 0 Å². The molecule has 1 aromatic carbocycles. The topological polar surface area (TPSA) is 49.4 Å². The van der Waals surface area contributed by atoms with E-state index in [1.807, 2.05) is 27.7 Å². The molecule has 0 radical (unpaired) electrons. The molecule has 1 aromatic rings. The summed E-state index contributed by atoms with van der Waals surface area (Å²) in [4.78, 5) is 0.535. The molecule has 0 amide bonds. The third kappa shape index (κ3) is 2.22. The van der Waals surface area contributed by atoms with Gasteiger partial charge in [-0.2, -0.15) is 4.31 Å². The number of hydrogen-bond acceptors (Lipinski definition) is 3. The summed E-state index contributed by atoms with van der Waals surface area (Å²) >= 11 is 0. The number of benzene rings is 1. The van der Waals surface area contributed by atoms with Gasteiger partial charge < -0.3 is 5.32 Å². The fraction of sp³-hybridized carbons (Fsp3) is 0.625. The van der Waals surface area contributed by atoms with Crippen molar-refractivity contribution in [2.75, 3.05) is 19.6 Å². The Labute approximate surface area is 127 Å². The molecule has 0 spiro atoms. The van der Waals surface area contributed by atoms with Crippen LogP contribution in [0.25, 0.3) is 0 Å². The van der Waals surface area contributed by atoms with Gasteiger partial charge in [-0.15, -0.1) is 0 Å². The van der Waals surface area contributed by atoms with Crippen molar-refractivity contribution in [3.05, 3.63) is 28.3 Å². The number of nitrogens with one attached hydrogen (secondary N) is 1. The molecule has 0 bridgehead atoms. The highest BCUT2D eigenvalue weighted by Gasteiger charge is 2.44. The van der Waals surface area contributed by atoms with Crippen LogP contribution in [0.5, 0.6) is 0 Å². The van der Waals surface area contributed by atoms with Gasteiger partial charge in [0.15, 0.2) is 0 Å². The predicted molar refractivity (Wildman–Crippen MR) is 84.0 cm³/mol. The molecule has 21 heavy (non-hydrogen) atoms. The first kappa shape index (κ1) is 15.0. The van der Waals surface area contributed by atoms with E-state index in [1.54, 1.807) is 4.31 Å². The summed E-state index contributed by atoms with van der Waals surface area (Å²) in [7, 11) is -3.41. The summed E-state index contributed by atoms with van der Waals surface area (Å²) in [6.45, 7) is 10.2. The molecule has 116 valence electrons. The average molecular weight is 308 g/mol. The lowest BCUT2D eigenvalue weighted by Gasteiger charge is -2.26. The Balaban J connectivity index is 2.11. The number of rotatable bonds is 2. The first-order valence-corrected chi connectivity index (χ1v) is 9.08. The molecule has 1 N–H and O–H groups in total. The lowest BCUT2D eigenvalue weighted by atomic mass is 10.0. The molecule has 0 aromatic heterocycles. The van der Waals surface area contributed by atoms with Crippen LogP contribution in [0.2, 0.25) is 0 Å². The van der Waals surface area contributed by atoms with Gasteiger partial charge in [-0.1, -0.05) is 6.07 Å². The maximum Gasteiger partial charge on any atom is 0.243 e. The lowest BCUT2D eigenvalue weighted by Crippen LogP contribution is -2.39. The van der Waals surface area contributed by atoms with Crippen molar-refractivity contribution < 1.29 is 8.42 Å². The first-order valence-electron chi connectivity index (χ1n) is 7.64. The third-order valence-corrected chi connectivity index (χ3v) is 7.46. The van der Waals surface area contributed by atoms with Crippen molar-refractivity contribution in [1.29, 1.82) is 0 Å². The number of hydrogen-bond donors (Lipinski definition) is 1. The Morgan fingerprint density at radius 2 is 1.71 bits per heavy atom. The zero-order chi connectivity index (χ0) is 15.4. The fourth-order valence-corrected chi connectivity index (χ4v) is 6.07. The second kappa shape index (κ2) is 5.07. The molecule has 2 atom stereocenters. The van der Waals surface area contributed by atoms with Crippen LogP contribution in [-0.2, 0) is 10.0 Å². The van der Waals surface area contributed by atoms with Gasteiger partial charge in [0, 0.05) is 19.1 Å². The zero-order valence-electron chi connectivity index (χ0n) is 13.2. The summed E-state index contributed by atoms with van der Waals surface area (Å²) < 4.78 is 28.2. The van der Waals surface area contributed by atoms with Gasteiger partial charge in [0.2, 0.25) is 10.0 Å². The van der Waals surface area contributed by atoms with Crippen LogP contribution in [0.4, 0.5) is 0 Å². The maximum atomic E-state index is 13.2. The van der Waals surface area contributed by atoms with Crippen molar-refractivity contribution in [2.24, 2.45) is 5.92 Å². The number of nitrogens with zero attached hydrogens (tertiary/aromatic N) is 1. The molecule has 0 saturated carbocycles. The minimum Gasteiger partial charge on any atom is -0.315 e. The molecule has 2 saturated heterocycles. The minimum atomic E-state index is -3.41. The van der Waals surface area contributed by atoms with Crippen molar-refractivity contribution >= 4 is 10.0 Å². The van der Waals surface area contributed by atoms with Crippen molar-refractivity contribution in [2.45, 2.75) is 45.1 Å². The maximum absolute atomic E-state index is 13.2. The molecule has 0 aliphatic carbocycles. The van der Waals surface area contributed by atoms with Crippen LogP contribution in [-0.4, -0.2) is 38.4 Å². The molecule has 0 unspecified atom stereocenters. The van der Waals surface area contributed by atoms with E-state index >= 15 is 0 Å². The number of aryl methyl sites for hydroxylation is 2. The van der Waals surface area contributed by atoms with Gasteiger partial charge in [-0.3, -0.25) is 0 Å². The highest BCUT2D eigenvalue weighted by atomic mass is 32.2. The standard InChI is InChI=1S/C16H24N2O2S/c1-10-7-11(2)13(4)16(12(10)3)21(19,20)18-6-5-14-8-17-9-15(14)18/h7,14-15,17H,5-6,8-9H2,1-4H3/t14-,15+/m0/s1. The zero-order valence-corrected chi connectivity index (χ0v) is 14.0. The molecule has 5 heteroatoms. The van der Waals surface area contributed by atoms with Crippen LogP contribution in [0.1, 0.15) is 28.7 Å². The van der Waals surface area contributed by atoms with Crippen LogP contribution in [0, 0.1) is 33.6 Å². The molecular formula is C16H24N2O2S. The van der Waals surface area contributed by atoms with Crippen LogP contribution in [0.3, 0.4) is 0 Å². The Morgan fingerprint density at radius 1 is 1.10 bits per heavy atom. The summed E-state index contributed by atoms with van der Waals surface area (Å²) in [6.07, 6.45) is 0.972. The molecule has 3 rings (SSSR count). The largest absolute Gasteiger partial charge is 0.315 e. The third-order valence-electron chi connectivity index (χ3n) is 5.26. The molecule has 4 nitrogen and oxygen atoms in total. The molecular weight excluding hydrogens is 284 g/mol. The van der Waals surface area contributed by atoms with E-state index in [1.165, 1.54) is 0 Å². The minimum absolute atomic E-state index is 0.134. The van der Waals surface area contributed by atoms with Crippen molar-refractivity contribution in [1.82, 2.24) is 9.62 Å². The Kier molecular flexibility index (Phi) is 3.62. The second-order valence-corrected chi connectivity index (χ2v) is 8.31. The van der Waals surface area contributed by atoms with Gasteiger partial charge in [0.1, 0.15) is 0 Å². The highest BCUT2D eigenvalue weighted by molar-refractivity contribution is 7.89. The van der Waals surface area contributed by atoms with Gasteiger partial charge in [-0.05, 0) is 68.8 Å². The van der Waals surface area contributed by atoms with E-state index in [0.29, 0.717) is 17.4 Å². The van der Waals surface area contributed by atoms with E-state index < -0.39 is 10.0 Å². The fourth-order valence-electron chi connectivity index (χ4n) is 3.79. The second-order valence-electron chi connectivity index (χ2n) is 6.48. The Morgan fingerprint density at radius 3 is 2.33 bits per heavy atom. The highest BCUT2D eigenvalue weighted by Crippen LogP contribution is 2.35. The van der Waals surface area contributed by atoms with Crippen LogP contribution in [0.15, 0.2) is 11.0 Å². The Hall–Kier alpha value is -0.910. The van der Waals surface area contributed by atoms with E-state index in [2.05, 4.69) is 11.4 Å². The summed E-state index contributed by atoms with van der Waals surface area (Å²) in [5, 5.41) is 3.32. The van der Waals surface area contributed by atoms with Crippen molar-refractivity contribution in [3.8, 4) is 0 Å². The van der Waals surface area contributed by atoms with Gasteiger partial charge in [-0.25, -0.2) is 8.42 Å². The average Bonchev–Trinajstić information content (AvgIpc) is 2.98. The van der Waals surface area contributed by atoms with Gasteiger partial charge in [0.25, 0.3) is 0 Å². The SMILES string of the molecule is Cc1cc(C)c(C)c(S(=O)(=O)N2CC[C@H]3CNC[C@H]32)c1C. The lowest BCUT2D eigenvalue weighted by molar-refractivity contribution is 0.382. The molecule has 2 aliphatic rings. The predicted octanol–water partition coefficient (Wildman–Crippen LogP) is 1.90. The summed E-state index contributed by atoms with van der Waals surface area (Å²) in [5.74, 6) is 0.478. The summed E-state index contributed by atoms with van der Waals surface area (Å²) in [5.41, 5.74) is 3.90. The number of fused-ring (bicyclic) bond motifs is 1. The summed E-state index contributed by atoms with van der Waals surface area (Å²) in [6, 6.07) is 2.21. The first-order chi connectivity index (χ1) is 9.84. The number of sulfonamides is 1. The van der Waals surface area contributed by atoms with Gasteiger partial charge >= 0.3 is 0 Å². The monoisotopic (exact) mass is 308 g/mol. The van der Waals surface area contributed by atoms with E-state index in [0.717, 1.165) is 41.8 Å². The van der Waals surface area contributed by atoms with Gasteiger partial charge in [0.05, 0.1) is 4.90 Å². The van der Waals surface area contributed by atoms with Crippen LogP contribution < -0.4 is 5.32 Å². The van der Waals surface area contributed by atoms with Crippen molar-refractivity contribution in [3.63, 3.8) is 0 Å².